The van der Waals surface area contributed by atoms with Crippen LogP contribution in [-0.4, -0.2) is 63.2 Å². The fourth-order valence-corrected chi connectivity index (χ4v) is 3.31. The predicted octanol–water partition coefficient (Wildman–Crippen LogP) is 2.48. The maximum atomic E-state index is 8.82. The van der Waals surface area contributed by atoms with Crippen molar-refractivity contribution in [3.05, 3.63) is 47.5 Å². The third kappa shape index (κ3) is 8.26. The monoisotopic (exact) mass is 464 g/mol. The van der Waals surface area contributed by atoms with Gasteiger partial charge in [-0.25, -0.2) is 0 Å². The number of aryl methyl sites for hydroxylation is 1. The molecule has 2 heterocycles. The van der Waals surface area contributed by atoms with E-state index in [-0.39, 0.29) is 0 Å². The van der Waals surface area contributed by atoms with Crippen LogP contribution in [0.2, 0.25) is 0 Å². The molecule has 180 valence electrons. The van der Waals surface area contributed by atoms with Crippen LogP contribution in [-0.2, 0) is 4.74 Å². The molecule has 0 saturated carbocycles. The lowest BCUT2D eigenvalue weighted by atomic mass is 10.2. The lowest BCUT2D eigenvalue weighted by molar-refractivity contribution is 0.122. The minimum Gasteiger partial charge on any atom is -0.476 e. The molecule has 1 aromatic heterocycles. The number of anilines is 2. The fraction of sp³-hybridized carbons (Fsp3) is 0.417. The number of nitrogens with zero attached hydrogens (tertiary/aromatic N) is 5. The van der Waals surface area contributed by atoms with Gasteiger partial charge in [-0.15, -0.1) is 4.99 Å². The van der Waals surface area contributed by atoms with E-state index in [2.05, 4.69) is 42.1 Å². The molecule has 10 nitrogen and oxygen atoms in total. The van der Waals surface area contributed by atoms with E-state index in [0.717, 1.165) is 37.3 Å². The summed E-state index contributed by atoms with van der Waals surface area (Å²) in [7, 11) is 0. The van der Waals surface area contributed by atoms with Crippen LogP contribution in [0.15, 0.2) is 46.5 Å². The third-order valence-electron chi connectivity index (χ3n) is 4.95. The van der Waals surface area contributed by atoms with Gasteiger partial charge in [0.05, 0.1) is 26.0 Å². The van der Waals surface area contributed by atoms with Crippen LogP contribution in [0.5, 0.6) is 5.88 Å². The highest BCUT2D eigenvalue weighted by molar-refractivity contribution is 5.81. The predicted molar refractivity (Wildman–Crippen MR) is 135 cm³/mol. The second-order valence-electron chi connectivity index (χ2n) is 7.69. The van der Waals surface area contributed by atoms with E-state index in [0.29, 0.717) is 44.0 Å². The number of hydrazone groups is 1. The van der Waals surface area contributed by atoms with Crippen LogP contribution in [0.25, 0.3) is 0 Å². The van der Waals surface area contributed by atoms with Crippen LogP contribution in [0, 0.1) is 18.4 Å². The highest BCUT2D eigenvalue weighted by atomic mass is 16.5. The first-order valence-corrected chi connectivity index (χ1v) is 11.5. The summed E-state index contributed by atoms with van der Waals surface area (Å²) in [5, 5.41) is 19.3. The molecule has 34 heavy (non-hydrogen) atoms. The Morgan fingerprint density at radius 1 is 1.24 bits per heavy atom. The molecule has 1 fully saturated rings. The summed E-state index contributed by atoms with van der Waals surface area (Å²) >= 11 is 0. The van der Waals surface area contributed by atoms with Crippen molar-refractivity contribution >= 4 is 23.7 Å². The Kier molecular flexibility index (Phi) is 9.95. The molecule has 1 aliphatic heterocycles. The smallest absolute Gasteiger partial charge is 0.217 e. The SMILES string of the molecule is CCCN/C(=N\C#N)NCCOc1cc(N2CCOCC2)cc(N/N=C/c2cccc(C)c2)n1. The zero-order valence-corrected chi connectivity index (χ0v) is 19.8. The topological polar surface area (TPSA) is 119 Å². The van der Waals surface area contributed by atoms with Crippen molar-refractivity contribution in [3.63, 3.8) is 0 Å². The Hall–Kier alpha value is -3.84. The molecule has 3 rings (SSSR count). The highest BCUT2D eigenvalue weighted by Crippen LogP contribution is 2.24. The van der Waals surface area contributed by atoms with Crippen molar-refractivity contribution in [1.82, 2.24) is 15.6 Å². The lowest BCUT2D eigenvalue weighted by Gasteiger charge is -2.29. The van der Waals surface area contributed by atoms with Crippen molar-refractivity contribution in [2.45, 2.75) is 20.3 Å². The fourth-order valence-electron chi connectivity index (χ4n) is 3.31. The van der Waals surface area contributed by atoms with Gasteiger partial charge in [-0.2, -0.15) is 15.3 Å². The zero-order chi connectivity index (χ0) is 24.0. The summed E-state index contributed by atoms with van der Waals surface area (Å²) < 4.78 is 11.4. The average Bonchev–Trinajstić information content (AvgIpc) is 2.85. The molecular weight excluding hydrogens is 432 g/mol. The molecule has 1 aromatic carbocycles. The quantitative estimate of drug-likeness (QED) is 0.161. The number of hydrogen-bond donors (Lipinski definition) is 3. The number of guanidine groups is 1. The normalized spacial score (nSPS) is 14.0. The number of nitriles is 1. The van der Waals surface area contributed by atoms with Crippen LogP contribution < -0.4 is 25.7 Å². The summed E-state index contributed by atoms with van der Waals surface area (Å²) in [6.07, 6.45) is 4.49. The van der Waals surface area contributed by atoms with Crippen molar-refractivity contribution in [2.75, 3.05) is 56.3 Å². The molecule has 2 aromatic rings. The van der Waals surface area contributed by atoms with Crippen LogP contribution in [0.4, 0.5) is 11.5 Å². The van der Waals surface area contributed by atoms with Crippen molar-refractivity contribution < 1.29 is 9.47 Å². The zero-order valence-electron chi connectivity index (χ0n) is 19.8. The van der Waals surface area contributed by atoms with Gasteiger partial charge >= 0.3 is 0 Å². The lowest BCUT2D eigenvalue weighted by Crippen LogP contribution is -2.39. The van der Waals surface area contributed by atoms with Gasteiger partial charge in [0.15, 0.2) is 5.82 Å². The summed E-state index contributed by atoms with van der Waals surface area (Å²) in [5.74, 6) is 1.52. The van der Waals surface area contributed by atoms with Gasteiger partial charge in [-0.1, -0.05) is 36.8 Å². The van der Waals surface area contributed by atoms with Gasteiger partial charge < -0.3 is 25.0 Å². The van der Waals surface area contributed by atoms with Crippen LogP contribution >= 0.6 is 0 Å². The molecule has 0 radical (unpaired) electrons. The van der Waals surface area contributed by atoms with Gasteiger partial charge in [-0.3, -0.25) is 5.43 Å². The summed E-state index contributed by atoms with van der Waals surface area (Å²) in [4.78, 5) is 10.5. The van der Waals surface area contributed by atoms with E-state index in [9.17, 15) is 0 Å². The Morgan fingerprint density at radius 2 is 2.06 bits per heavy atom. The number of nitrogens with one attached hydrogen (secondary N) is 3. The first-order valence-electron chi connectivity index (χ1n) is 11.5. The molecule has 0 aliphatic carbocycles. The second-order valence-corrected chi connectivity index (χ2v) is 7.69. The number of benzene rings is 1. The maximum Gasteiger partial charge on any atom is 0.217 e. The summed E-state index contributed by atoms with van der Waals surface area (Å²) in [6.45, 7) is 8.61. The van der Waals surface area contributed by atoms with Gasteiger partial charge in [0.2, 0.25) is 18.0 Å². The van der Waals surface area contributed by atoms with Crippen molar-refractivity contribution in [3.8, 4) is 12.1 Å². The number of morpholine rings is 1. The molecule has 1 aliphatic rings. The van der Waals surface area contributed by atoms with E-state index in [1.165, 1.54) is 5.56 Å². The third-order valence-corrected chi connectivity index (χ3v) is 4.95. The molecule has 1 saturated heterocycles. The van der Waals surface area contributed by atoms with Gasteiger partial charge in [0.25, 0.3) is 0 Å². The number of rotatable bonds is 10. The second kappa shape index (κ2) is 13.6. The molecular formula is C24H32N8O2. The average molecular weight is 465 g/mol. The van der Waals surface area contributed by atoms with E-state index < -0.39 is 0 Å². The van der Waals surface area contributed by atoms with Crippen LogP contribution in [0.1, 0.15) is 24.5 Å². The minimum atomic E-state index is 0.351. The van der Waals surface area contributed by atoms with E-state index in [1.807, 2.05) is 44.2 Å². The standard InChI is InChI=1S/C24H32N8O2/c1-3-7-26-24(28-18-25)27-8-11-34-23-16-21(32-9-12-33-13-10-32)15-22(30-23)31-29-17-20-6-4-5-19(2)14-20/h4-6,14-17H,3,7-13H2,1-2H3,(H,30,31)(H2,26,27,28)/b29-17+. The number of pyridine rings is 1. The summed E-state index contributed by atoms with van der Waals surface area (Å²) in [6, 6.07) is 12.0. The number of aliphatic imine (C=N–C) groups is 1. The number of aromatic nitrogens is 1. The number of ether oxygens (including phenoxy) is 2. The molecule has 3 N–H and O–H groups in total. The van der Waals surface area contributed by atoms with E-state index in [1.54, 1.807) is 12.4 Å². The van der Waals surface area contributed by atoms with Gasteiger partial charge in [0.1, 0.15) is 6.61 Å². The highest BCUT2D eigenvalue weighted by Gasteiger charge is 2.14. The summed E-state index contributed by atoms with van der Waals surface area (Å²) in [5.41, 5.74) is 6.19. The molecule has 0 unspecified atom stereocenters. The van der Waals surface area contributed by atoms with Gasteiger partial charge in [-0.05, 0) is 18.9 Å². The Balaban J connectivity index is 1.65. The Bertz CT molecular complexity index is 1010. The molecule has 10 heteroatoms. The van der Waals surface area contributed by atoms with E-state index in [4.69, 9.17) is 14.7 Å². The minimum absolute atomic E-state index is 0.351. The molecule has 0 bridgehead atoms. The van der Waals surface area contributed by atoms with Crippen LogP contribution in [0.3, 0.4) is 0 Å². The van der Waals surface area contributed by atoms with E-state index >= 15 is 0 Å². The van der Waals surface area contributed by atoms with Gasteiger partial charge in [0, 0.05) is 37.5 Å². The molecule has 0 spiro atoms. The Labute approximate surface area is 200 Å². The largest absolute Gasteiger partial charge is 0.476 e. The number of hydrogen-bond acceptors (Lipinski definition) is 8. The maximum absolute atomic E-state index is 8.82. The van der Waals surface area contributed by atoms with Crippen molar-refractivity contribution in [2.24, 2.45) is 10.1 Å². The molecule has 0 amide bonds. The van der Waals surface area contributed by atoms with Crippen molar-refractivity contribution in [1.29, 1.82) is 5.26 Å². The Morgan fingerprint density at radius 3 is 2.82 bits per heavy atom. The molecule has 0 atom stereocenters. The first-order chi connectivity index (χ1) is 16.7. The first kappa shape index (κ1) is 24.8.